The van der Waals surface area contributed by atoms with Gasteiger partial charge in [0.2, 0.25) is 0 Å². The van der Waals surface area contributed by atoms with Crippen molar-refractivity contribution in [2.75, 3.05) is 5.32 Å². The third-order valence-electron chi connectivity index (χ3n) is 4.11. The summed E-state index contributed by atoms with van der Waals surface area (Å²) >= 11 is 0. The molecule has 2 aromatic carbocycles. The highest BCUT2D eigenvalue weighted by Gasteiger charge is 2.18. The molecular weight excluding hydrogens is 288 g/mol. The number of carbonyl (C=O) groups is 2. The van der Waals surface area contributed by atoms with Gasteiger partial charge in [-0.1, -0.05) is 37.1 Å². The average Bonchev–Trinajstić information content (AvgIpc) is 3.09. The van der Waals surface area contributed by atoms with E-state index in [4.69, 9.17) is 0 Å². The van der Waals surface area contributed by atoms with Crippen LogP contribution in [0.2, 0.25) is 0 Å². The fraction of sp³-hybridized carbons (Fsp3) is 0.263. The van der Waals surface area contributed by atoms with Crippen LogP contribution in [0.1, 0.15) is 46.4 Å². The minimum atomic E-state index is -0.216. The van der Waals surface area contributed by atoms with Crippen molar-refractivity contribution in [1.29, 1.82) is 0 Å². The number of carbonyl (C=O) groups excluding carboxylic acids is 2. The standard InChI is InChI=1S/C19H20N2O2/c22-18(20-16-9-2-1-3-10-16)14-7-6-8-15(13-14)19(23)21-17-11-4-5-12-17/h1-3,6-10,13,17H,4-5,11-12H2,(H,20,22)(H,21,23). The summed E-state index contributed by atoms with van der Waals surface area (Å²) in [5.41, 5.74) is 1.74. The molecule has 4 nitrogen and oxygen atoms in total. The summed E-state index contributed by atoms with van der Waals surface area (Å²) in [6.07, 6.45) is 4.43. The predicted molar refractivity (Wildman–Crippen MR) is 90.6 cm³/mol. The Balaban J connectivity index is 1.68. The lowest BCUT2D eigenvalue weighted by Gasteiger charge is -2.12. The number of hydrogen-bond donors (Lipinski definition) is 2. The maximum Gasteiger partial charge on any atom is 0.255 e. The van der Waals surface area contributed by atoms with E-state index in [1.54, 1.807) is 24.3 Å². The average molecular weight is 308 g/mol. The maximum absolute atomic E-state index is 12.3. The molecule has 2 N–H and O–H groups in total. The van der Waals surface area contributed by atoms with Crippen molar-refractivity contribution >= 4 is 17.5 Å². The first kappa shape index (κ1) is 15.3. The van der Waals surface area contributed by atoms with Crippen LogP contribution in [0.4, 0.5) is 5.69 Å². The smallest absolute Gasteiger partial charge is 0.255 e. The number of anilines is 1. The maximum atomic E-state index is 12.3. The third-order valence-corrected chi connectivity index (χ3v) is 4.11. The molecule has 0 aliphatic heterocycles. The van der Waals surface area contributed by atoms with E-state index in [2.05, 4.69) is 10.6 Å². The minimum Gasteiger partial charge on any atom is -0.349 e. The van der Waals surface area contributed by atoms with Crippen LogP contribution < -0.4 is 10.6 Å². The predicted octanol–water partition coefficient (Wildman–Crippen LogP) is 3.61. The van der Waals surface area contributed by atoms with Gasteiger partial charge in [0.25, 0.3) is 11.8 Å². The zero-order valence-corrected chi connectivity index (χ0v) is 12.9. The molecule has 0 saturated heterocycles. The van der Waals surface area contributed by atoms with Crippen molar-refractivity contribution in [2.45, 2.75) is 31.7 Å². The van der Waals surface area contributed by atoms with Gasteiger partial charge in [0.15, 0.2) is 0 Å². The fourth-order valence-corrected chi connectivity index (χ4v) is 2.87. The van der Waals surface area contributed by atoms with E-state index in [0.29, 0.717) is 11.1 Å². The van der Waals surface area contributed by atoms with E-state index in [0.717, 1.165) is 18.5 Å². The van der Waals surface area contributed by atoms with E-state index in [1.807, 2.05) is 30.3 Å². The Morgan fingerprint density at radius 3 is 2.17 bits per heavy atom. The third kappa shape index (κ3) is 3.97. The summed E-state index contributed by atoms with van der Waals surface area (Å²) < 4.78 is 0. The molecular formula is C19H20N2O2. The summed E-state index contributed by atoms with van der Waals surface area (Å²) in [4.78, 5) is 24.6. The Morgan fingerprint density at radius 1 is 0.826 bits per heavy atom. The first-order valence-corrected chi connectivity index (χ1v) is 8.00. The van der Waals surface area contributed by atoms with Gasteiger partial charge < -0.3 is 10.6 Å². The number of amides is 2. The summed E-state index contributed by atoms with van der Waals surface area (Å²) in [5.74, 6) is -0.321. The zero-order valence-electron chi connectivity index (χ0n) is 12.9. The van der Waals surface area contributed by atoms with Crippen LogP contribution in [-0.4, -0.2) is 17.9 Å². The molecule has 1 aliphatic carbocycles. The van der Waals surface area contributed by atoms with Gasteiger partial charge >= 0.3 is 0 Å². The SMILES string of the molecule is O=C(Nc1ccccc1)c1cccc(C(=O)NC2CCCC2)c1. The van der Waals surface area contributed by atoms with Crippen LogP contribution in [0, 0.1) is 0 Å². The molecule has 1 fully saturated rings. The molecule has 23 heavy (non-hydrogen) atoms. The molecule has 1 saturated carbocycles. The van der Waals surface area contributed by atoms with Crippen LogP contribution in [-0.2, 0) is 0 Å². The lowest BCUT2D eigenvalue weighted by Crippen LogP contribution is -2.32. The van der Waals surface area contributed by atoms with Gasteiger partial charge in [-0.05, 0) is 43.2 Å². The first-order valence-electron chi connectivity index (χ1n) is 8.00. The van der Waals surface area contributed by atoms with Crippen molar-refractivity contribution < 1.29 is 9.59 Å². The highest BCUT2D eigenvalue weighted by molar-refractivity contribution is 6.06. The quantitative estimate of drug-likeness (QED) is 0.906. The topological polar surface area (TPSA) is 58.2 Å². The lowest BCUT2D eigenvalue weighted by atomic mass is 10.1. The molecule has 0 aromatic heterocycles. The van der Waals surface area contributed by atoms with E-state index < -0.39 is 0 Å². The summed E-state index contributed by atoms with van der Waals surface area (Å²) in [6, 6.07) is 16.4. The molecule has 0 unspecified atom stereocenters. The van der Waals surface area contributed by atoms with Crippen molar-refractivity contribution in [3.63, 3.8) is 0 Å². The normalized spacial score (nSPS) is 14.4. The van der Waals surface area contributed by atoms with Crippen LogP contribution in [0.3, 0.4) is 0 Å². The largest absolute Gasteiger partial charge is 0.349 e. The molecule has 3 rings (SSSR count). The Hall–Kier alpha value is -2.62. The van der Waals surface area contributed by atoms with Gasteiger partial charge in [0.05, 0.1) is 0 Å². The molecule has 0 atom stereocenters. The molecule has 2 amide bonds. The van der Waals surface area contributed by atoms with Crippen LogP contribution in [0.15, 0.2) is 54.6 Å². The number of benzene rings is 2. The van der Waals surface area contributed by atoms with Gasteiger partial charge in [-0.25, -0.2) is 0 Å². The summed E-state index contributed by atoms with van der Waals surface area (Å²) in [7, 11) is 0. The van der Waals surface area contributed by atoms with Crippen molar-refractivity contribution in [2.24, 2.45) is 0 Å². The molecule has 0 heterocycles. The first-order chi connectivity index (χ1) is 11.2. The molecule has 2 aromatic rings. The Labute approximate surface area is 135 Å². The van der Waals surface area contributed by atoms with Gasteiger partial charge in [-0.15, -0.1) is 0 Å². The number of rotatable bonds is 4. The minimum absolute atomic E-state index is 0.105. The number of nitrogens with one attached hydrogen (secondary N) is 2. The molecule has 0 spiro atoms. The highest BCUT2D eigenvalue weighted by Crippen LogP contribution is 2.18. The molecule has 1 aliphatic rings. The number of hydrogen-bond acceptors (Lipinski definition) is 2. The van der Waals surface area contributed by atoms with Gasteiger partial charge in [-0.3, -0.25) is 9.59 Å². The van der Waals surface area contributed by atoms with E-state index in [9.17, 15) is 9.59 Å². The van der Waals surface area contributed by atoms with Crippen molar-refractivity contribution in [3.8, 4) is 0 Å². The molecule has 118 valence electrons. The van der Waals surface area contributed by atoms with E-state index in [-0.39, 0.29) is 17.9 Å². The van der Waals surface area contributed by atoms with Gasteiger partial charge in [-0.2, -0.15) is 0 Å². The van der Waals surface area contributed by atoms with Gasteiger partial charge in [0.1, 0.15) is 0 Å². The fourth-order valence-electron chi connectivity index (χ4n) is 2.87. The second-order valence-electron chi connectivity index (χ2n) is 5.86. The Kier molecular flexibility index (Phi) is 4.71. The Morgan fingerprint density at radius 2 is 1.48 bits per heavy atom. The second kappa shape index (κ2) is 7.09. The molecule has 4 heteroatoms. The summed E-state index contributed by atoms with van der Waals surface area (Å²) in [6.45, 7) is 0. The van der Waals surface area contributed by atoms with Gasteiger partial charge in [0, 0.05) is 22.9 Å². The molecule has 0 radical (unpaired) electrons. The van der Waals surface area contributed by atoms with Crippen LogP contribution in [0.5, 0.6) is 0 Å². The number of para-hydroxylation sites is 1. The monoisotopic (exact) mass is 308 g/mol. The van der Waals surface area contributed by atoms with Crippen LogP contribution in [0.25, 0.3) is 0 Å². The van der Waals surface area contributed by atoms with Crippen molar-refractivity contribution in [3.05, 3.63) is 65.7 Å². The highest BCUT2D eigenvalue weighted by atomic mass is 16.2. The molecule has 0 bridgehead atoms. The van der Waals surface area contributed by atoms with Crippen LogP contribution >= 0.6 is 0 Å². The van der Waals surface area contributed by atoms with E-state index in [1.165, 1.54) is 12.8 Å². The Bertz CT molecular complexity index is 692. The zero-order chi connectivity index (χ0) is 16.1. The second-order valence-corrected chi connectivity index (χ2v) is 5.86. The lowest BCUT2D eigenvalue weighted by molar-refractivity contribution is 0.0938. The summed E-state index contributed by atoms with van der Waals surface area (Å²) in [5, 5.41) is 5.87. The van der Waals surface area contributed by atoms with E-state index >= 15 is 0 Å². The van der Waals surface area contributed by atoms with Crippen molar-refractivity contribution in [1.82, 2.24) is 5.32 Å².